The molecule has 0 bridgehead atoms. The predicted molar refractivity (Wildman–Crippen MR) is 109 cm³/mol. The SMILES string of the molecule is CC(Sc1nccn1C)C(=O)N1N=C(c2ccc(Cl)cc2)CC1c1ccco1. The zero-order valence-corrected chi connectivity index (χ0v) is 17.0. The molecule has 1 aliphatic heterocycles. The van der Waals surface area contributed by atoms with Crippen LogP contribution in [-0.4, -0.2) is 31.4 Å². The first-order valence-electron chi connectivity index (χ1n) is 8.87. The molecule has 3 aromatic rings. The average molecular weight is 415 g/mol. The number of imidazole rings is 1. The van der Waals surface area contributed by atoms with Gasteiger partial charge in [0, 0.05) is 30.9 Å². The number of aromatic nitrogens is 2. The second-order valence-corrected chi connectivity index (χ2v) is 8.30. The third kappa shape index (κ3) is 3.72. The summed E-state index contributed by atoms with van der Waals surface area (Å²) in [5, 5.41) is 7.31. The normalized spacial score (nSPS) is 17.6. The molecule has 0 fully saturated rings. The van der Waals surface area contributed by atoms with Gasteiger partial charge in [-0.2, -0.15) is 5.10 Å². The maximum atomic E-state index is 13.2. The van der Waals surface area contributed by atoms with Gasteiger partial charge in [-0.05, 0) is 36.8 Å². The highest BCUT2D eigenvalue weighted by Gasteiger charge is 2.37. The maximum absolute atomic E-state index is 13.2. The van der Waals surface area contributed by atoms with E-state index < -0.39 is 0 Å². The van der Waals surface area contributed by atoms with Crippen LogP contribution in [0.5, 0.6) is 0 Å². The highest BCUT2D eigenvalue weighted by atomic mass is 35.5. The van der Waals surface area contributed by atoms with Gasteiger partial charge < -0.3 is 8.98 Å². The molecule has 2 atom stereocenters. The van der Waals surface area contributed by atoms with E-state index in [2.05, 4.69) is 10.1 Å². The third-order valence-electron chi connectivity index (χ3n) is 4.59. The van der Waals surface area contributed by atoms with Crippen LogP contribution in [-0.2, 0) is 11.8 Å². The lowest BCUT2D eigenvalue weighted by Crippen LogP contribution is -2.33. The summed E-state index contributed by atoms with van der Waals surface area (Å²) in [4.78, 5) is 17.5. The minimum atomic E-state index is -0.341. The number of rotatable bonds is 5. The van der Waals surface area contributed by atoms with Crippen molar-refractivity contribution >= 4 is 35.0 Å². The number of benzene rings is 1. The van der Waals surface area contributed by atoms with Crippen LogP contribution in [0.2, 0.25) is 5.02 Å². The summed E-state index contributed by atoms with van der Waals surface area (Å²) in [6.45, 7) is 1.87. The first-order chi connectivity index (χ1) is 13.5. The molecule has 0 spiro atoms. The Bertz CT molecular complexity index is 998. The van der Waals surface area contributed by atoms with E-state index in [0.717, 1.165) is 22.2 Å². The monoisotopic (exact) mass is 414 g/mol. The second-order valence-electron chi connectivity index (χ2n) is 6.55. The van der Waals surface area contributed by atoms with Crippen LogP contribution in [0, 0.1) is 0 Å². The fourth-order valence-corrected chi connectivity index (χ4v) is 4.09. The Kier molecular flexibility index (Phi) is 5.28. The third-order valence-corrected chi connectivity index (χ3v) is 6.00. The molecule has 8 heteroatoms. The maximum Gasteiger partial charge on any atom is 0.256 e. The van der Waals surface area contributed by atoms with Crippen molar-refractivity contribution in [3.8, 4) is 0 Å². The van der Waals surface area contributed by atoms with Crippen molar-refractivity contribution < 1.29 is 9.21 Å². The van der Waals surface area contributed by atoms with Crippen molar-refractivity contribution in [1.29, 1.82) is 0 Å². The number of aryl methyl sites for hydroxylation is 1. The minimum Gasteiger partial charge on any atom is -0.467 e. The molecule has 0 saturated heterocycles. The molecule has 144 valence electrons. The lowest BCUT2D eigenvalue weighted by Gasteiger charge is -2.22. The number of furan rings is 1. The van der Waals surface area contributed by atoms with Crippen LogP contribution < -0.4 is 0 Å². The number of carbonyl (C=O) groups is 1. The van der Waals surface area contributed by atoms with Crippen molar-refractivity contribution in [3.63, 3.8) is 0 Å². The van der Waals surface area contributed by atoms with E-state index in [9.17, 15) is 4.79 Å². The van der Waals surface area contributed by atoms with Crippen molar-refractivity contribution in [3.05, 3.63) is 71.4 Å². The van der Waals surface area contributed by atoms with Crippen LogP contribution in [0.15, 0.2) is 69.7 Å². The second kappa shape index (κ2) is 7.85. The zero-order chi connectivity index (χ0) is 19.7. The molecule has 0 radical (unpaired) electrons. The Hall–Kier alpha value is -2.51. The van der Waals surface area contributed by atoms with E-state index in [4.69, 9.17) is 16.0 Å². The Labute approximate surface area is 172 Å². The topological polar surface area (TPSA) is 63.6 Å². The fourth-order valence-electron chi connectivity index (χ4n) is 3.09. The van der Waals surface area contributed by atoms with E-state index >= 15 is 0 Å². The number of hydrazone groups is 1. The molecule has 4 rings (SSSR count). The molecule has 0 aliphatic carbocycles. The fraction of sp³-hybridized carbons (Fsp3) is 0.250. The number of carbonyl (C=O) groups excluding carboxylic acids is 1. The average Bonchev–Trinajstić information content (AvgIpc) is 3.43. The first-order valence-corrected chi connectivity index (χ1v) is 10.1. The Balaban J connectivity index is 1.61. The van der Waals surface area contributed by atoms with E-state index in [0.29, 0.717) is 11.4 Å². The molecular weight excluding hydrogens is 396 g/mol. The molecule has 1 amide bonds. The molecule has 1 aliphatic rings. The number of hydrogen-bond acceptors (Lipinski definition) is 5. The standard InChI is InChI=1S/C20H19ClN4O2S/c1-13(28-20-22-9-10-24(20)2)19(26)25-17(18-4-3-11-27-18)12-16(23-25)14-5-7-15(21)8-6-14/h3-11,13,17H,12H2,1-2H3. The summed E-state index contributed by atoms with van der Waals surface area (Å²) >= 11 is 7.41. The molecule has 3 heterocycles. The van der Waals surface area contributed by atoms with Gasteiger partial charge in [-0.15, -0.1) is 0 Å². The van der Waals surface area contributed by atoms with Gasteiger partial charge in [-0.25, -0.2) is 9.99 Å². The van der Waals surface area contributed by atoms with E-state index in [-0.39, 0.29) is 17.2 Å². The van der Waals surface area contributed by atoms with Crippen LogP contribution in [0.25, 0.3) is 0 Å². The number of hydrogen-bond donors (Lipinski definition) is 0. The van der Waals surface area contributed by atoms with Crippen molar-refractivity contribution in [2.24, 2.45) is 12.1 Å². The van der Waals surface area contributed by atoms with Gasteiger partial charge in [0.2, 0.25) is 0 Å². The quantitative estimate of drug-likeness (QED) is 0.575. The lowest BCUT2D eigenvalue weighted by atomic mass is 10.0. The molecule has 2 aromatic heterocycles. The number of amides is 1. The summed E-state index contributed by atoms with van der Waals surface area (Å²) in [5.74, 6) is 0.633. The van der Waals surface area contributed by atoms with Crippen molar-refractivity contribution in [1.82, 2.24) is 14.6 Å². The van der Waals surface area contributed by atoms with Crippen molar-refractivity contribution in [2.75, 3.05) is 0 Å². The summed E-state index contributed by atoms with van der Waals surface area (Å²) in [6.07, 6.45) is 5.78. The molecule has 6 nitrogen and oxygen atoms in total. The summed E-state index contributed by atoms with van der Waals surface area (Å²) in [6, 6.07) is 10.9. The van der Waals surface area contributed by atoms with Gasteiger partial charge in [0.05, 0.1) is 17.2 Å². The molecule has 28 heavy (non-hydrogen) atoms. The predicted octanol–water partition coefficient (Wildman–Crippen LogP) is 4.53. The number of thioether (sulfide) groups is 1. The Morgan fingerprint density at radius 3 is 2.75 bits per heavy atom. The summed E-state index contributed by atoms with van der Waals surface area (Å²) < 4.78 is 7.49. The summed E-state index contributed by atoms with van der Waals surface area (Å²) in [5.41, 5.74) is 1.78. The number of halogens is 1. The van der Waals surface area contributed by atoms with Gasteiger partial charge >= 0.3 is 0 Å². The van der Waals surface area contributed by atoms with Crippen LogP contribution >= 0.6 is 23.4 Å². The van der Waals surface area contributed by atoms with Gasteiger partial charge in [0.1, 0.15) is 11.8 Å². The summed E-state index contributed by atoms with van der Waals surface area (Å²) in [7, 11) is 1.91. The molecule has 2 unspecified atom stereocenters. The van der Waals surface area contributed by atoms with E-state index in [1.807, 2.05) is 61.1 Å². The largest absolute Gasteiger partial charge is 0.467 e. The Morgan fingerprint density at radius 1 is 1.32 bits per heavy atom. The minimum absolute atomic E-state index is 0.0848. The van der Waals surface area contributed by atoms with Crippen LogP contribution in [0.4, 0.5) is 0 Å². The lowest BCUT2D eigenvalue weighted by molar-refractivity contribution is -0.132. The number of nitrogens with zero attached hydrogens (tertiary/aromatic N) is 4. The van der Waals surface area contributed by atoms with E-state index in [1.165, 1.54) is 11.8 Å². The molecule has 0 saturated carbocycles. The molecular formula is C20H19ClN4O2S. The zero-order valence-electron chi connectivity index (χ0n) is 15.4. The smallest absolute Gasteiger partial charge is 0.256 e. The van der Waals surface area contributed by atoms with Crippen LogP contribution in [0.1, 0.15) is 30.7 Å². The van der Waals surface area contributed by atoms with Crippen molar-refractivity contribution in [2.45, 2.75) is 29.8 Å². The first kappa shape index (κ1) is 18.8. The van der Waals surface area contributed by atoms with Crippen LogP contribution in [0.3, 0.4) is 0 Å². The Morgan fingerprint density at radius 2 is 2.11 bits per heavy atom. The van der Waals surface area contributed by atoms with Gasteiger partial charge in [-0.1, -0.05) is 35.5 Å². The van der Waals surface area contributed by atoms with Gasteiger partial charge in [0.15, 0.2) is 5.16 Å². The van der Waals surface area contributed by atoms with Gasteiger partial charge in [-0.3, -0.25) is 4.79 Å². The highest BCUT2D eigenvalue weighted by Crippen LogP contribution is 2.35. The highest BCUT2D eigenvalue weighted by molar-refractivity contribution is 8.00. The van der Waals surface area contributed by atoms with E-state index in [1.54, 1.807) is 17.5 Å². The molecule has 0 N–H and O–H groups in total. The molecule has 1 aromatic carbocycles. The van der Waals surface area contributed by atoms with Gasteiger partial charge in [0.25, 0.3) is 5.91 Å².